The van der Waals surface area contributed by atoms with Crippen molar-refractivity contribution in [2.45, 2.75) is 0 Å². The number of rotatable bonds is 3. The maximum Gasteiger partial charge on any atom is 0.190 e. The van der Waals surface area contributed by atoms with Gasteiger partial charge in [0.05, 0.1) is 21.3 Å². The number of halogens is 2. The predicted octanol–water partition coefficient (Wildman–Crippen LogP) is 3.68. The highest BCUT2D eigenvalue weighted by atomic mass is 35.5. The molecule has 9 heteroatoms. The Morgan fingerprint density at radius 2 is 1.88 bits per heavy atom. The number of anilines is 1. The van der Waals surface area contributed by atoms with Gasteiger partial charge in [-0.2, -0.15) is 4.68 Å². The quantitative estimate of drug-likeness (QED) is 0.579. The van der Waals surface area contributed by atoms with Crippen LogP contribution in [0.15, 0.2) is 55.0 Å². The topological polar surface area (TPSA) is 95.4 Å². The summed E-state index contributed by atoms with van der Waals surface area (Å²) in [7, 11) is 0. The Labute approximate surface area is 158 Å². The van der Waals surface area contributed by atoms with E-state index in [1.807, 2.05) is 18.2 Å². The van der Waals surface area contributed by atoms with Crippen LogP contribution in [0.5, 0.6) is 0 Å². The average Bonchev–Trinajstić information content (AvgIpc) is 3.14. The number of nitrogens with two attached hydrogens (primary N) is 1. The van der Waals surface area contributed by atoms with Gasteiger partial charge in [-0.05, 0) is 34.7 Å². The van der Waals surface area contributed by atoms with Crippen LogP contribution in [0.4, 0.5) is 5.82 Å². The van der Waals surface area contributed by atoms with Crippen LogP contribution in [-0.2, 0) is 0 Å². The highest BCUT2D eigenvalue weighted by Crippen LogP contribution is 2.32. The van der Waals surface area contributed by atoms with Gasteiger partial charge in [0.2, 0.25) is 0 Å². The molecular formula is C17H11Cl2N7. The first-order chi connectivity index (χ1) is 12.6. The highest BCUT2D eigenvalue weighted by molar-refractivity contribution is 6.43. The van der Waals surface area contributed by atoms with E-state index in [9.17, 15) is 0 Å². The fraction of sp³-hybridized carbons (Fsp3) is 0. The standard InChI is InChI=1S/C17H11Cl2N7/c18-13-4-1-5-14(15(13)19)26-17(23-24-25-26)12-7-11(9-22-16(12)20)10-3-2-6-21-8-10/h1-9H,(H2,20,22). The summed E-state index contributed by atoms with van der Waals surface area (Å²) in [4.78, 5) is 8.39. The maximum atomic E-state index is 6.31. The van der Waals surface area contributed by atoms with E-state index < -0.39 is 0 Å². The first-order valence-corrected chi connectivity index (χ1v) is 8.30. The third-order valence-electron chi connectivity index (χ3n) is 3.78. The Bertz CT molecular complexity index is 1080. The Morgan fingerprint density at radius 3 is 2.69 bits per heavy atom. The lowest BCUT2D eigenvalue weighted by Crippen LogP contribution is -2.04. The molecule has 0 atom stereocenters. The number of benzene rings is 1. The van der Waals surface area contributed by atoms with Crippen molar-refractivity contribution in [1.29, 1.82) is 0 Å². The van der Waals surface area contributed by atoms with Gasteiger partial charge in [-0.15, -0.1) is 5.10 Å². The van der Waals surface area contributed by atoms with Gasteiger partial charge in [-0.1, -0.05) is 35.3 Å². The summed E-state index contributed by atoms with van der Waals surface area (Å²) < 4.78 is 1.48. The molecule has 0 fully saturated rings. The smallest absolute Gasteiger partial charge is 0.190 e. The van der Waals surface area contributed by atoms with Crippen molar-refractivity contribution in [3.8, 4) is 28.2 Å². The van der Waals surface area contributed by atoms with Crippen molar-refractivity contribution < 1.29 is 0 Å². The fourth-order valence-electron chi connectivity index (χ4n) is 2.52. The second kappa shape index (κ2) is 6.70. The van der Waals surface area contributed by atoms with Crippen LogP contribution in [-0.4, -0.2) is 30.2 Å². The van der Waals surface area contributed by atoms with Crippen LogP contribution in [0, 0.1) is 0 Å². The molecule has 0 aliphatic heterocycles. The molecule has 3 heterocycles. The molecule has 2 N–H and O–H groups in total. The van der Waals surface area contributed by atoms with Crippen LogP contribution < -0.4 is 5.73 Å². The van der Waals surface area contributed by atoms with Gasteiger partial charge in [-0.3, -0.25) is 4.98 Å². The zero-order valence-corrected chi connectivity index (χ0v) is 14.7. The molecule has 3 aromatic heterocycles. The molecule has 0 aliphatic carbocycles. The molecule has 0 bridgehead atoms. The minimum Gasteiger partial charge on any atom is -0.383 e. The highest BCUT2D eigenvalue weighted by Gasteiger charge is 2.18. The first-order valence-electron chi connectivity index (χ1n) is 7.54. The number of tetrazole rings is 1. The Kier molecular flexibility index (Phi) is 4.24. The number of nitrogen functional groups attached to an aromatic ring is 1. The summed E-state index contributed by atoms with van der Waals surface area (Å²) in [6, 6.07) is 10.9. The first kappa shape index (κ1) is 16.4. The van der Waals surface area contributed by atoms with Crippen molar-refractivity contribution in [3.63, 3.8) is 0 Å². The lowest BCUT2D eigenvalue weighted by molar-refractivity contribution is 0.791. The molecule has 0 spiro atoms. The molecule has 0 unspecified atom stereocenters. The predicted molar refractivity (Wildman–Crippen MR) is 100 cm³/mol. The molecule has 0 amide bonds. The van der Waals surface area contributed by atoms with Gasteiger partial charge in [0.1, 0.15) is 5.82 Å². The van der Waals surface area contributed by atoms with Crippen LogP contribution in [0.1, 0.15) is 0 Å². The summed E-state index contributed by atoms with van der Waals surface area (Å²) in [5, 5.41) is 12.6. The third-order valence-corrected chi connectivity index (χ3v) is 4.59. The molecule has 26 heavy (non-hydrogen) atoms. The van der Waals surface area contributed by atoms with E-state index in [4.69, 9.17) is 28.9 Å². The Morgan fingerprint density at radius 1 is 1.00 bits per heavy atom. The van der Waals surface area contributed by atoms with E-state index in [1.54, 1.807) is 36.8 Å². The Balaban J connectivity index is 1.88. The van der Waals surface area contributed by atoms with E-state index in [0.29, 0.717) is 32.9 Å². The SMILES string of the molecule is Nc1ncc(-c2cccnc2)cc1-c1nnnn1-c1cccc(Cl)c1Cl. The second-order valence-electron chi connectivity index (χ2n) is 5.39. The van der Waals surface area contributed by atoms with Gasteiger partial charge in [0.15, 0.2) is 5.82 Å². The van der Waals surface area contributed by atoms with E-state index in [1.165, 1.54) is 4.68 Å². The monoisotopic (exact) mass is 383 g/mol. The van der Waals surface area contributed by atoms with E-state index in [0.717, 1.165) is 11.1 Å². The average molecular weight is 384 g/mol. The van der Waals surface area contributed by atoms with Gasteiger partial charge >= 0.3 is 0 Å². The van der Waals surface area contributed by atoms with Crippen LogP contribution in [0.2, 0.25) is 10.0 Å². The number of aromatic nitrogens is 6. The molecular weight excluding hydrogens is 373 g/mol. The molecule has 1 aromatic carbocycles. The summed E-state index contributed by atoms with van der Waals surface area (Å²) >= 11 is 12.4. The summed E-state index contributed by atoms with van der Waals surface area (Å²) in [6.07, 6.45) is 5.13. The van der Waals surface area contributed by atoms with Crippen molar-refractivity contribution in [2.75, 3.05) is 5.73 Å². The second-order valence-corrected chi connectivity index (χ2v) is 6.17. The number of pyridine rings is 2. The van der Waals surface area contributed by atoms with Crippen molar-refractivity contribution >= 4 is 29.0 Å². The van der Waals surface area contributed by atoms with Crippen molar-refractivity contribution in [2.24, 2.45) is 0 Å². The lowest BCUT2D eigenvalue weighted by atomic mass is 10.1. The lowest BCUT2D eigenvalue weighted by Gasteiger charge is -2.10. The maximum absolute atomic E-state index is 6.31. The van der Waals surface area contributed by atoms with E-state index in [-0.39, 0.29) is 0 Å². The van der Waals surface area contributed by atoms with Gasteiger partial charge in [0.25, 0.3) is 0 Å². The fourth-order valence-corrected chi connectivity index (χ4v) is 2.89. The largest absolute Gasteiger partial charge is 0.383 e. The summed E-state index contributed by atoms with van der Waals surface area (Å²) in [5.74, 6) is 0.705. The number of hydrogen-bond acceptors (Lipinski definition) is 6. The zero-order chi connectivity index (χ0) is 18.1. The van der Waals surface area contributed by atoms with Crippen LogP contribution >= 0.6 is 23.2 Å². The Hall–Kier alpha value is -3.03. The van der Waals surface area contributed by atoms with Crippen molar-refractivity contribution in [3.05, 3.63) is 65.0 Å². The van der Waals surface area contributed by atoms with Gasteiger partial charge in [0, 0.05) is 29.7 Å². The molecule has 0 aliphatic rings. The van der Waals surface area contributed by atoms with Crippen LogP contribution in [0.25, 0.3) is 28.2 Å². The molecule has 0 radical (unpaired) electrons. The zero-order valence-electron chi connectivity index (χ0n) is 13.2. The minimum absolute atomic E-state index is 0.298. The molecule has 128 valence electrons. The molecule has 0 saturated heterocycles. The minimum atomic E-state index is 0.298. The number of hydrogen-bond donors (Lipinski definition) is 1. The molecule has 7 nitrogen and oxygen atoms in total. The molecule has 0 saturated carbocycles. The van der Waals surface area contributed by atoms with Gasteiger partial charge in [-0.25, -0.2) is 4.98 Å². The third kappa shape index (κ3) is 2.87. The van der Waals surface area contributed by atoms with Gasteiger partial charge < -0.3 is 5.73 Å². The molecule has 4 aromatic rings. The van der Waals surface area contributed by atoms with Crippen LogP contribution in [0.3, 0.4) is 0 Å². The van der Waals surface area contributed by atoms with E-state index >= 15 is 0 Å². The summed E-state index contributed by atoms with van der Waals surface area (Å²) in [5.41, 5.74) is 8.95. The normalized spacial score (nSPS) is 10.8. The summed E-state index contributed by atoms with van der Waals surface area (Å²) in [6.45, 7) is 0. The van der Waals surface area contributed by atoms with Crippen molar-refractivity contribution in [1.82, 2.24) is 30.2 Å². The molecule has 4 rings (SSSR count). The number of nitrogens with zero attached hydrogens (tertiary/aromatic N) is 6. The van der Waals surface area contributed by atoms with E-state index in [2.05, 4.69) is 25.5 Å².